The van der Waals surface area contributed by atoms with Gasteiger partial charge in [0.05, 0.1) is 23.7 Å². The number of nitrogens with zero attached hydrogens (tertiary/aromatic N) is 3. The summed E-state index contributed by atoms with van der Waals surface area (Å²) < 4.78 is 2.32. The summed E-state index contributed by atoms with van der Waals surface area (Å²) >= 11 is 0. The zero-order valence-corrected chi connectivity index (χ0v) is 34.6. The van der Waals surface area contributed by atoms with Crippen LogP contribution in [0, 0.1) is 13.8 Å². The van der Waals surface area contributed by atoms with Gasteiger partial charge in [0, 0.05) is 29.5 Å². The molecule has 0 radical (unpaired) electrons. The topological polar surface area (TPSA) is 20.0 Å². The summed E-state index contributed by atoms with van der Waals surface area (Å²) in [6, 6.07) is 58.3. The van der Waals surface area contributed by atoms with Crippen LogP contribution in [0.15, 0.2) is 176 Å². The van der Waals surface area contributed by atoms with Crippen molar-refractivity contribution in [3.05, 3.63) is 221 Å². The summed E-state index contributed by atoms with van der Waals surface area (Å²) in [6.45, 7) is 13.5. The fourth-order valence-corrected chi connectivity index (χ4v) is 9.34. The quantitative estimate of drug-likeness (QED) is 0.151. The third kappa shape index (κ3) is 5.96. The first-order chi connectivity index (χ1) is 28.1. The zero-order chi connectivity index (χ0) is 40.2. The van der Waals surface area contributed by atoms with E-state index in [-0.39, 0.29) is 5.41 Å². The highest BCUT2D eigenvalue weighted by molar-refractivity contribution is 6.01. The van der Waals surface area contributed by atoms with Crippen molar-refractivity contribution in [2.75, 3.05) is 12.1 Å². The lowest BCUT2D eigenvalue weighted by molar-refractivity contribution is -0.669. The van der Waals surface area contributed by atoms with Crippen LogP contribution in [0.1, 0.15) is 72.2 Å². The smallest absolute Gasteiger partial charge is 0.243 e. The van der Waals surface area contributed by atoms with E-state index < -0.39 is 5.41 Å². The van der Waals surface area contributed by atoms with E-state index in [0.29, 0.717) is 0 Å². The van der Waals surface area contributed by atoms with E-state index in [9.17, 15) is 0 Å². The number of pyridine rings is 2. The van der Waals surface area contributed by atoms with Gasteiger partial charge in [-0.15, -0.1) is 0 Å². The van der Waals surface area contributed by atoms with Crippen LogP contribution < -0.4 is 9.69 Å². The van der Waals surface area contributed by atoms with Crippen molar-refractivity contribution in [2.24, 2.45) is 0 Å². The van der Waals surface area contributed by atoms with Crippen LogP contribution in [0.3, 0.4) is 0 Å². The summed E-state index contributed by atoms with van der Waals surface area (Å²) in [7, 11) is 2.18. The molecule has 0 unspecified atom stereocenters. The molecule has 58 heavy (non-hydrogen) atoms. The Labute approximate surface area is 343 Å². The predicted molar refractivity (Wildman–Crippen MR) is 243 cm³/mol. The monoisotopic (exact) mass is 752 g/mol. The lowest BCUT2D eigenvalue weighted by Gasteiger charge is -2.35. The molecule has 0 N–H and O–H groups in total. The molecule has 2 heterocycles. The first-order valence-corrected chi connectivity index (χ1v) is 20.4. The van der Waals surface area contributed by atoms with Crippen LogP contribution in [0.2, 0.25) is 0 Å². The Kier molecular flexibility index (Phi) is 9.20. The number of rotatable bonds is 7. The molecule has 9 rings (SSSR count). The first-order valence-electron chi connectivity index (χ1n) is 20.4. The Morgan fingerprint density at radius 2 is 1.34 bits per heavy atom. The average Bonchev–Trinajstić information content (AvgIpc) is 3.54. The molecule has 6 aromatic carbocycles. The maximum Gasteiger partial charge on any atom is 0.243 e. The van der Waals surface area contributed by atoms with Crippen LogP contribution in [-0.2, 0) is 10.8 Å². The minimum Gasteiger partial charge on any atom is -0.256 e. The molecule has 0 spiro atoms. The molecule has 0 saturated carbocycles. The summed E-state index contributed by atoms with van der Waals surface area (Å²) in [5.74, 6) is 0. The summed E-state index contributed by atoms with van der Waals surface area (Å²) in [6.07, 6.45) is 6.32. The number of aryl methyl sites for hydroxylation is 2. The van der Waals surface area contributed by atoms with Crippen molar-refractivity contribution in [2.45, 2.75) is 52.4 Å². The Hall–Kier alpha value is -6.58. The number of benzene rings is 6. The number of hydrogen-bond donors (Lipinski definition) is 0. The summed E-state index contributed by atoms with van der Waals surface area (Å²) in [4.78, 5) is 4.79. The van der Waals surface area contributed by atoms with Crippen molar-refractivity contribution in [3.63, 3.8) is 0 Å². The van der Waals surface area contributed by atoms with Gasteiger partial charge in [-0.05, 0) is 111 Å². The molecule has 0 amide bonds. The third-order valence-corrected chi connectivity index (χ3v) is 12.3. The largest absolute Gasteiger partial charge is 0.256 e. The van der Waals surface area contributed by atoms with Gasteiger partial charge in [-0.2, -0.15) is 5.01 Å². The van der Waals surface area contributed by atoms with Crippen LogP contribution >= 0.6 is 0 Å². The van der Waals surface area contributed by atoms with Gasteiger partial charge in [0.15, 0.2) is 0 Å². The van der Waals surface area contributed by atoms with Gasteiger partial charge < -0.3 is 0 Å². The van der Waals surface area contributed by atoms with Crippen molar-refractivity contribution in [1.29, 1.82) is 0 Å². The molecular weight excluding hydrogens is 703 g/mol. The van der Waals surface area contributed by atoms with Gasteiger partial charge in [-0.3, -0.25) is 4.98 Å². The van der Waals surface area contributed by atoms with E-state index in [1.807, 2.05) is 12.3 Å². The maximum absolute atomic E-state index is 4.79. The van der Waals surface area contributed by atoms with Gasteiger partial charge in [0.1, 0.15) is 5.70 Å². The van der Waals surface area contributed by atoms with E-state index in [1.165, 1.54) is 72.0 Å². The highest BCUT2D eigenvalue weighted by Gasteiger charge is 2.47. The highest BCUT2D eigenvalue weighted by Crippen LogP contribution is 2.59. The normalized spacial score (nSPS) is 13.3. The molecule has 284 valence electrons. The standard InChI is InChI=1S/C55H50N3/c1-8-51(46-35-43(54(4,5)6)28-26-37(46)2)57(7)58-32-30-40(50-25-17-18-31-56-50)34-52(58)47-36-48-45-29-27-39-19-15-16-24-44(39)53(45)55(49(48)33-38(47)3,41-20-11-9-12-21-41)42-22-13-10-14-23-42/h8-36H,1-7H3/q+1/b51-8-. The van der Waals surface area contributed by atoms with E-state index in [2.05, 4.69) is 222 Å². The molecule has 0 fully saturated rings. The van der Waals surface area contributed by atoms with Crippen LogP contribution in [0.4, 0.5) is 0 Å². The van der Waals surface area contributed by atoms with E-state index >= 15 is 0 Å². The van der Waals surface area contributed by atoms with Gasteiger partial charge in [-0.25, -0.2) is 0 Å². The third-order valence-electron chi connectivity index (χ3n) is 12.3. The van der Waals surface area contributed by atoms with E-state index in [0.717, 1.165) is 22.6 Å². The van der Waals surface area contributed by atoms with Gasteiger partial charge in [0.25, 0.3) is 0 Å². The molecule has 0 aliphatic heterocycles. The molecule has 1 aliphatic carbocycles. The van der Waals surface area contributed by atoms with Gasteiger partial charge in [0.2, 0.25) is 11.9 Å². The lowest BCUT2D eigenvalue weighted by atomic mass is 9.66. The van der Waals surface area contributed by atoms with E-state index in [4.69, 9.17) is 4.98 Å². The van der Waals surface area contributed by atoms with Gasteiger partial charge in [-0.1, -0.05) is 153 Å². The second kappa shape index (κ2) is 14.4. The Bertz CT molecular complexity index is 2810. The van der Waals surface area contributed by atoms with Crippen LogP contribution in [0.25, 0.3) is 50.1 Å². The minimum atomic E-state index is -0.520. The molecule has 1 aliphatic rings. The second-order valence-corrected chi connectivity index (χ2v) is 16.7. The Morgan fingerprint density at radius 1 is 0.655 bits per heavy atom. The molecule has 0 saturated heterocycles. The number of hydrogen-bond acceptors (Lipinski definition) is 2. The molecule has 0 atom stereocenters. The number of allylic oxidation sites excluding steroid dienone is 1. The fourth-order valence-electron chi connectivity index (χ4n) is 9.34. The second-order valence-electron chi connectivity index (χ2n) is 16.7. The number of aromatic nitrogens is 2. The fraction of sp³-hybridized carbons (Fsp3) is 0.164. The van der Waals surface area contributed by atoms with Crippen molar-refractivity contribution < 1.29 is 4.68 Å². The minimum absolute atomic E-state index is 0.0281. The summed E-state index contributed by atoms with van der Waals surface area (Å²) in [5, 5.41) is 4.83. The highest BCUT2D eigenvalue weighted by atomic mass is 15.5. The average molecular weight is 753 g/mol. The maximum atomic E-state index is 4.79. The lowest BCUT2D eigenvalue weighted by Crippen LogP contribution is -2.55. The molecule has 8 aromatic rings. The van der Waals surface area contributed by atoms with Crippen molar-refractivity contribution in [3.8, 4) is 33.6 Å². The zero-order valence-electron chi connectivity index (χ0n) is 34.6. The van der Waals surface area contributed by atoms with Gasteiger partial charge >= 0.3 is 0 Å². The Balaban J connectivity index is 1.33. The first kappa shape index (κ1) is 37.0. The summed E-state index contributed by atoms with van der Waals surface area (Å²) in [5.41, 5.74) is 17.6. The SMILES string of the molecule is C/C=C(/c1cc(C(C)(C)C)ccc1C)N(C)[n+]1ccc(-c2ccccn2)cc1-c1cc2c(cc1C)C(c1ccccc1)(c1ccccc1)c1c-2ccc2ccccc12. The van der Waals surface area contributed by atoms with Crippen molar-refractivity contribution >= 4 is 16.5 Å². The molecule has 2 aromatic heterocycles. The molecular formula is C55H50N3+. The Morgan fingerprint density at radius 3 is 2.02 bits per heavy atom. The molecule has 3 nitrogen and oxygen atoms in total. The molecule has 0 bridgehead atoms. The van der Waals surface area contributed by atoms with E-state index in [1.54, 1.807) is 0 Å². The number of fused-ring (bicyclic) bond motifs is 5. The molecule has 3 heteroatoms. The predicted octanol–water partition coefficient (Wildman–Crippen LogP) is 12.8. The van der Waals surface area contributed by atoms with Crippen LogP contribution in [-0.4, -0.2) is 12.0 Å². The van der Waals surface area contributed by atoms with Crippen molar-refractivity contribution in [1.82, 2.24) is 4.98 Å². The van der Waals surface area contributed by atoms with Crippen LogP contribution in [0.5, 0.6) is 0 Å².